The largest absolute Gasteiger partial charge is 0.508 e. The summed E-state index contributed by atoms with van der Waals surface area (Å²) >= 11 is 0. The fraction of sp³-hybridized carbons (Fsp3) is 0.250. The lowest BCUT2D eigenvalue weighted by Crippen LogP contribution is -2.27. The molecule has 0 spiro atoms. The molecule has 140 valence electrons. The Morgan fingerprint density at radius 1 is 0.630 bits per heavy atom. The zero-order valence-electron chi connectivity index (χ0n) is 15.6. The molecule has 3 aromatic rings. The Balaban J connectivity index is 1.89. The van der Waals surface area contributed by atoms with Crippen molar-refractivity contribution in [1.29, 1.82) is 0 Å². The molecule has 0 radical (unpaired) electrons. The van der Waals surface area contributed by atoms with Gasteiger partial charge in [0.2, 0.25) is 0 Å². The molecule has 3 heteroatoms. The second-order valence-corrected chi connectivity index (χ2v) is 7.05. The number of hydrogen-bond acceptors (Lipinski definition) is 3. The maximum Gasteiger partial charge on any atom is 0.115 e. The van der Waals surface area contributed by atoms with E-state index in [1.807, 2.05) is 36.4 Å². The van der Waals surface area contributed by atoms with Crippen LogP contribution in [0.2, 0.25) is 0 Å². The van der Waals surface area contributed by atoms with Crippen molar-refractivity contribution in [3.8, 4) is 17.2 Å². The van der Waals surface area contributed by atoms with E-state index in [1.54, 1.807) is 36.4 Å². The summed E-state index contributed by atoms with van der Waals surface area (Å²) in [5.41, 5.74) is 3.35. The summed E-state index contributed by atoms with van der Waals surface area (Å²) in [4.78, 5) is 0. The Hall–Kier alpha value is -2.94. The number of aryl methyl sites for hydroxylation is 1. The van der Waals surface area contributed by atoms with Crippen LogP contribution in [0.5, 0.6) is 17.2 Å². The number of phenols is 3. The van der Waals surface area contributed by atoms with Gasteiger partial charge in [0, 0.05) is 5.41 Å². The molecule has 0 aliphatic heterocycles. The second kappa shape index (κ2) is 8.17. The molecule has 27 heavy (non-hydrogen) atoms. The van der Waals surface area contributed by atoms with E-state index in [-0.39, 0.29) is 22.7 Å². The molecule has 0 amide bonds. The van der Waals surface area contributed by atoms with E-state index >= 15 is 0 Å². The summed E-state index contributed by atoms with van der Waals surface area (Å²) in [6.07, 6.45) is 3.77. The third-order valence-corrected chi connectivity index (χ3v) is 5.45. The first-order chi connectivity index (χ1) is 13.0. The van der Waals surface area contributed by atoms with Crippen LogP contribution in [0.25, 0.3) is 0 Å². The zero-order valence-corrected chi connectivity index (χ0v) is 15.6. The lowest BCUT2D eigenvalue weighted by Gasteiger charge is -2.34. The van der Waals surface area contributed by atoms with Crippen molar-refractivity contribution in [2.24, 2.45) is 0 Å². The standard InChI is InChI=1S/C24H26O3/c1-2-24(19-7-13-22(26)14-8-19,20-9-15-23(27)16-10-20)17-3-4-18-5-11-21(25)12-6-18/h5-16,25-27H,2-4,17H2,1H3. The van der Waals surface area contributed by atoms with Gasteiger partial charge in [-0.05, 0) is 78.8 Å². The van der Waals surface area contributed by atoms with Crippen LogP contribution in [0, 0.1) is 0 Å². The van der Waals surface area contributed by atoms with E-state index in [4.69, 9.17) is 0 Å². The molecular formula is C24H26O3. The molecule has 3 N–H and O–H groups in total. The summed E-state index contributed by atoms with van der Waals surface area (Å²) in [5, 5.41) is 28.8. The van der Waals surface area contributed by atoms with Gasteiger partial charge in [-0.25, -0.2) is 0 Å². The van der Waals surface area contributed by atoms with Crippen LogP contribution in [-0.2, 0) is 11.8 Å². The minimum absolute atomic E-state index is 0.182. The average molecular weight is 362 g/mol. The van der Waals surface area contributed by atoms with Gasteiger partial charge >= 0.3 is 0 Å². The van der Waals surface area contributed by atoms with Crippen LogP contribution in [0.4, 0.5) is 0 Å². The molecule has 0 fully saturated rings. The molecule has 0 saturated heterocycles. The minimum atomic E-state index is -0.182. The fourth-order valence-corrected chi connectivity index (χ4v) is 3.86. The number of benzene rings is 3. The third kappa shape index (κ3) is 4.25. The number of aromatic hydroxyl groups is 3. The van der Waals surface area contributed by atoms with Crippen molar-refractivity contribution < 1.29 is 15.3 Å². The van der Waals surface area contributed by atoms with E-state index in [1.165, 1.54) is 16.7 Å². The van der Waals surface area contributed by atoms with Gasteiger partial charge in [-0.1, -0.05) is 43.3 Å². The van der Waals surface area contributed by atoms with Gasteiger partial charge in [0.25, 0.3) is 0 Å². The first-order valence-electron chi connectivity index (χ1n) is 9.40. The Labute approximate surface area is 160 Å². The Morgan fingerprint density at radius 2 is 1.04 bits per heavy atom. The Bertz CT molecular complexity index is 804. The van der Waals surface area contributed by atoms with Gasteiger partial charge in [0.1, 0.15) is 17.2 Å². The summed E-state index contributed by atoms with van der Waals surface area (Å²) < 4.78 is 0. The molecule has 0 saturated carbocycles. The molecule has 3 nitrogen and oxygen atoms in total. The van der Waals surface area contributed by atoms with Crippen molar-refractivity contribution >= 4 is 0 Å². The molecule has 0 aliphatic carbocycles. The van der Waals surface area contributed by atoms with E-state index in [0.717, 1.165) is 25.7 Å². The predicted molar refractivity (Wildman–Crippen MR) is 108 cm³/mol. The molecule has 0 aromatic heterocycles. The first-order valence-corrected chi connectivity index (χ1v) is 9.40. The van der Waals surface area contributed by atoms with Crippen LogP contribution in [0.15, 0.2) is 72.8 Å². The quantitative estimate of drug-likeness (QED) is 0.518. The maximum atomic E-state index is 9.70. The van der Waals surface area contributed by atoms with Gasteiger partial charge in [0.05, 0.1) is 0 Å². The first kappa shape index (κ1) is 18.8. The highest BCUT2D eigenvalue weighted by Gasteiger charge is 2.32. The highest BCUT2D eigenvalue weighted by atomic mass is 16.3. The average Bonchev–Trinajstić information content (AvgIpc) is 2.69. The Kier molecular flexibility index (Phi) is 5.70. The molecule has 0 bridgehead atoms. The minimum Gasteiger partial charge on any atom is -0.508 e. The molecular weight excluding hydrogens is 336 g/mol. The Morgan fingerprint density at radius 3 is 1.44 bits per heavy atom. The maximum absolute atomic E-state index is 9.70. The van der Waals surface area contributed by atoms with E-state index in [9.17, 15) is 15.3 Å². The smallest absolute Gasteiger partial charge is 0.115 e. The number of hydrogen-bond donors (Lipinski definition) is 3. The summed E-state index contributed by atoms with van der Waals surface area (Å²) in [6, 6.07) is 22.3. The van der Waals surface area contributed by atoms with E-state index in [0.29, 0.717) is 0 Å². The van der Waals surface area contributed by atoms with Crippen molar-refractivity contribution in [3.05, 3.63) is 89.5 Å². The normalized spacial score (nSPS) is 11.4. The van der Waals surface area contributed by atoms with Gasteiger partial charge in [-0.15, -0.1) is 0 Å². The molecule has 0 atom stereocenters. The number of rotatable bonds is 7. The van der Waals surface area contributed by atoms with Gasteiger partial charge in [-0.3, -0.25) is 0 Å². The van der Waals surface area contributed by atoms with Gasteiger partial charge < -0.3 is 15.3 Å². The molecule has 0 aliphatic rings. The van der Waals surface area contributed by atoms with Crippen LogP contribution >= 0.6 is 0 Å². The third-order valence-electron chi connectivity index (χ3n) is 5.45. The van der Waals surface area contributed by atoms with Crippen LogP contribution in [0.3, 0.4) is 0 Å². The van der Waals surface area contributed by atoms with Crippen LogP contribution in [0.1, 0.15) is 42.9 Å². The fourth-order valence-electron chi connectivity index (χ4n) is 3.86. The van der Waals surface area contributed by atoms with E-state index in [2.05, 4.69) is 6.92 Å². The van der Waals surface area contributed by atoms with Crippen molar-refractivity contribution in [1.82, 2.24) is 0 Å². The molecule has 0 unspecified atom stereocenters. The van der Waals surface area contributed by atoms with E-state index < -0.39 is 0 Å². The van der Waals surface area contributed by atoms with Crippen molar-refractivity contribution in [3.63, 3.8) is 0 Å². The predicted octanol–water partition coefficient (Wildman–Crippen LogP) is 5.52. The summed E-state index contributed by atoms with van der Waals surface area (Å²) in [7, 11) is 0. The summed E-state index contributed by atoms with van der Waals surface area (Å²) in [6.45, 7) is 2.18. The summed E-state index contributed by atoms with van der Waals surface area (Å²) in [5.74, 6) is 0.812. The van der Waals surface area contributed by atoms with Crippen LogP contribution < -0.4 is 0 Å². The lowest BCUT2D eigenvalue weighted by molar-refractivity contribution is 0.435. The van der Waals surface area contributed by atoms with Crippen molar-refractivity contribution in [2.75, 3.05) is 0 Å². The topological polar surface area (TPSA) is 60.7 Å². The second-order valence-electron chi connectivity index (χ2n) is 7.05. The highest BCUT2D eigenvalue weighted by Crippen LogP contribution is 2.41. The highest BCUT2D eigenvalue weighted by molar-refractivity contribution is 5.43. The van der Waals surface area contributed by atoms with Crippen LogP contribution in [-0.4, -0.2) is 15.3 Å². The zero-order chi connectivity index (χ0) is 19.3. The molecule has 3 rings (SSSR count). The number of phenolic OH excluding ortho intramolecular Hbond substituents is 3. The molecule has 3 aromatic carbocycles. The SMILES string of the molecule is CCC(CCCc1ccc(O)cc1)(c1ccc(O)cc1)c1ccc(O)cc1. The monoisotopic (exact) mass is 362 g/mol. The lowest BCUT2D eigenvalue weighted by atomic mass is 9.69. The van der Waals surface area contributed by atoms with Gasteiger partial charge in [-0.2, -0.15) is 0 Å². The molecule has 0 heterocycles. The van der Waals surface area contributed by atoms with Crippen molar-refractivity contribution in [2.45, 2.75) is 38.0 Å². The van der Waals surface area contributed by atoms with Gasteiger partial charge in [0.15, 0.2) is 0 Å².